The topological polar surface area (TPSA) is 74.7 Å². The largest absolute Gasteiger partial charge is 0.292 e. The average Bonchev–Trinajstić information content (AvgIpc) is 2.71. The van der Waals surface area contributed by atoms with Gasteiger partial charge in [-0.15, -0.1) is 0 Å². The van der Waals surface area contributed by atoms with Crippen LogP contribution >= 0.6 is 35.6 Å². The third-order valence-electron chi connectivity index (χ3n) is 2.82. The van der Waals surface area contributed by atoms with Gasteiger partial charge < -0.3 is 0 Å². The van der Waals surface area contributed by atoms with Gasteiger partial charge in [-0.05, 0) is 17.7 Å². The van der Waals surface area contributed by atoms with Crippen LogP contribution in [0.5, 0.6) is 0 Å². The zero-order valence-corrected chi connectivity index (χ0v) is 14.9. The van der Waals surface area contributed by atoms with Crippen molar-refractivity contribution in [3.63, 3.8) is 0 Å². The fraction of sp³-hybridized carbons (Fsp3) is 0.143. The van der Waals surface area contributed by atoms with Gasteiger partial charge in [-0.25, -0.2) is 0 Å². The Morgan fingerprint density at radius 3 is 2.61 bits per heavy atom. The summed E-state index contributed by atoms with van der Waals surface area (Å²) in [6.07, 6.45) is 3.19. The summed E-state index contributed by atoms with van der Waals surface area (Å²) < 4.78 is 30.6. The second-order valence-electron chi connectivity index (χ2n) is 4.56. The number of hydrogen-bond acceptors (Lipinski definition) is 5. The summed E-state index contributed by atoms with van der Waals surface area (Å²) in [6, 6.07) is 9.35. The smallest absolute Gasteiger partial charge is 0.266 e. The van der Waals surface area contributed by atoms with Crippen molar-refractivity contribution in [1.82, 2.24) is 4.90 Å². The molecule has 1 fully saturated rings. The standard InChI is InChI=1S/C14H12ClNO4S3/c15-11(8-10-4-2-1-3-5-10)9-12-13(17)16(14(21)22-12)6-7-23(18,19)20/h1-5,8-9H,6-7H2,(H,18,19,20)/b11-8-,12-9+. The molecule has 23 heavy (non-hydrogen) atoms. The van der Waals surface area contributed by atoms with Crippen molar-refractivity contribution in [1.29, 1.82) is 0 Å². The van der Waals surface area contributed by atoms with Gasteiger partial charge in [0.15, 0.2) is 0 Å². The monoisotopic (exact) mass is 389 g/mol. The molecule has 0 spiro atoms. The molecule has 1 heterocycles. The number of rotatable bonds is 5. The summed E-state index contributed by atoms with van der Waals surface area (Å²) in [5.41, 5.74) is 0.885. The predicted molar refractivity (Wildman–Crippen MR) is 96.7 cm³/mol. The summed E-state index contributed by atoms with van der Waals surface area (Å²) in [7, 11) is -4.16. The van der Waals surface area contributed by atoms with Crippen molar-refractivity contribution in [2.24, 2.45) is 0 Å². The van der Waals surface area contributed by atoms with Gasteiger partial charge in [-0.2, -0.15) is 8.42 Å². The van der Waals surface area contributed by atoms with Crippen LogP contribution in [-0.4, -0.2) is 40.4 Å². The second kappa shape index (κ2) is 7.59. The Balaban J connectivity index is 2.13. The summed E-state index contributed by atoms with van der Waals surface area (Å²) >= 11 is 12.2. The van der Waals surface area contributed by atoms with E-state index < -0.39 is 21.8 Å². The minimum Gasteiger partial charge on any atom is -0.292 e. The van der Waals surface area contributed by atoms with Crippen LogP contribution in [0.3, 0.4) is 0 Å². The molecule has 0 aromatic heterocycles. The number of thiocarbonyl (C=S) groups is 1. The maximum Gasteiger partial charge on any atom is 0.266 e. The van der Waals surface area contributed by atoms with Crippen LogP contribution in [0.15, 0.2) is 46.3 Å². The third-order valence-corrected chi connectivity index (χ3v) is 5.11. The van der Waals surface area contributed by atoms with E-state index in [1.807, 2.05) is 30.3 Å². The van der Waals surface area contributed by atoms with Crippen molar-refractivity contribution in [3.05, 3.63) is 51.9 Å². The van der Waals surface area contributed by atoms with Gasteiger partial charge in [0.05, 0.1) is 10.7 Å². The number of nitrogens with zero attached hydrogens (tertiary/aromatic N) is 1. The van der Waals surface area contributed by atoms with Crippen LogP contribution in [0.2, 0.25) is 0 Å². The maximum absolute atomic E-state index is 12.2. The van der Waals surface area contributed by atoms with E-state index in [1.165, 1.54) is 6.08 Å². The van der Waals surface area contributed by atoms with Crippen LogP contribution in [0.1, 0.15) is 5.56 Å². The minimum absolute atomic E-state index is 0.194. The molecule has 122 valence electrons. The Labute approximate surface area is 148 Å². The molecule has 5 nitrogen and oxygen atoms in total. The molecule has 0 atom stereocenters. The van der Waals surface area contributed by atoms with Crippen LogP contribution in [0, 0.1) is 0 Å². The fourth-order valence-electron chi connectivity index (χ4n) is 1.77. The van der Waals surface area contributed by atoms with Crippen LogP contribution in [0.25, 0.3) is 6.08 Å². The van der Waals surface area contributed by atoms with E-state index in [2.05, 4.69) is 0 Å². The van der Waals surface area contributed by atoms with Crippen LogP contribution in [0.4, 0.5) is 0 Å². The maximum atomic E-state index is 12.2. The third kappa shape index (κ3) is 5.43. The van der Waals surface area contributed by atoms with Gasteiger partial charge >= 0.3 is 0 Å². The van der Waals surface area contributed by atoms with Crippen molar-refractivity contribution in [2.75, 3.05) is 12.3 Å². The first-order valence-electron chi connectivity index (χ1n) is 6.39. The van der Waals surface area contributed by atoms with Gasteiger partial charge in [0.25, 0.3) is 16.0 Å². The van der Waals surface area contributed by atoms with E-state index in [1.54, 1.807) is 6.08 Å². The number of thioether (sulfide) groups is 1. The van der Waals surface area contributed by atoms with E-state index in [9.17, 15) is 13.2 Å². The molecule has 0 aliphatic carbocycles. The molecule has 1 aliphatic heterocycles. The summed E-state index contributed by atoms with van der Waals surface area (Å²) in [5, 5.41) is 0.353. The Kier molecular flexibility index (Phi) is 5.99. The first-order valence-corrected chi connectivity index (χ1v) is 9.60. The second-order valence-corrected chi connectivity index (χ2v) is 8.24. The number of carbonyl (C=O) groups is 1. The molecular weight excluding hydrogens is 378 g/mol. The SMILES string of the molecule is O=C1/C(=C\C(Cl)=C\c2ccccc2)SC(=S)N1CCS(=O)(=O)O. The van der Waals surface area contributed by atoms with Crippen molar-refractivity contribution >= 4 is 62.0 Å². The predicted octanol–water partition coefficient (Wildman–Crippen LogP) is 2.90. The number of benzene rings is 1. The Hall–Kier alpha value is -1.19. The van der Waals surface area contributed by atoms with E-state index in [-0.39, 0.29) is 10.9 Å². The minimum atomic E-state index is -4.16. The lowest BCUT2D eigenvalue weighted by Gasteiger charge is -2.12. The highest BCUT2D eigenvalue weighted by Crippen LogP contribution is 2.32. The molecule has 0 radical (unpaired) electrons. The average molecular weight is 390 g/mol. The molecule has 1 aromatic rings. The quantitative estimate of drug-likeness (QED) is 0.474. The summed E-state index contributed by atoms with van der Waals surface area (Å²) in [6.45, 7) is -0.194. The number of amides is 1. The first-order chi connectivity index (χ1) is 10.8. The molecule has 1 amide bonds. The van der Waals surface area contributed by atoms with Gasteiger partial charge in [0.1, 0.15) is 4.32 Å². The Morgan fingerprint density at radius 1 is 1.35 bits per heavy atom. The van der Waals surface area contributed by atoms with E-state index in [0.29, 0.717) is 9.94 Å². The van der Waals surface area contributed by atoms with Crippen LogP contribution < -0.4 is 0 Å². The highest BCUT2D eigenvalue weighted by Gasteiger charge is 2.32. The molecule has 1 saturated heterocycles. The lowest BCUT2D eigenvalue weighted by Crippen LogP contribution is -2.32. The molecule has 1 N–H and O–H groups in total. The van der Waals surface area contributed by atoms with Gasteiger partial charge in [-0.3, -0.25) is 14.2 Å². The molecular formula is C14H12ClNO4S3. The highest BCUT2D eigenvalue weighted by molar-refractivity contribution is 8.26. The lowest BCUT2D eigenvalue weighted by atomic mass is 10.2. The molecule has 0 saturated carbocycles. The van der Waals surface area contributed by atoms with E-state index >= 15 is 0 Å². The van der Waals surface area contributed by atoms with Crippen LogP contribution in [-0.2, 0) is 14.9 Å². The molecule has 1 aromatic carbocycles. The zero-order valence-electron chi connectivity index (χ0n) is 11.7. The lowest BCUT2D eigenvalue weighted by molar-refractivity contribution is -0.122. The molecule has 0 unspecified atom stereocenters. The number of hydrogen-bond donors (Lipinski definition) is 1. The zero-order chi connectivity index (χ0) is 17.0. The summed E-state index contributed by atoms with van der Waals surface area (Å²) in [5.74, 6) is -0.997. The van der Waals surface area contributed by atoms with Crippen molar-refractivity contribution < 1.29 is 17.8 Å². The Bertz CT molecular complexity index is 788. The molecule has 1 aliphatic rings. The Morgan fingerprint density at radius 2 is 2.00 bits per heavy atom. The van der Waals surface area contributed by atoms with E-state index in [0.717, 1.165) is 22.2 Å². The van der Waals surface area contributed by atoms with Gasteiger partial charge in [-0.1, -0.05) is 65.9 Å². The molecule has 0 bridgehead atoms. The van der Waals surface area contributed by atoms with Gasteiger partial charge in [0, 0.05) is 11.6 Å². The normalized spacial score (nSPS) is 18.1. The molecule has 9 heteroatoms. The first kappa shape index (κ1) is 18.2. The van der Waals surface area contributed by atoms with E-state index in [4.69, 9.17) is 28.4 Å². The number of carbonyl (C=O) groups excluding carboxylic acids is 1. The summed E-state index contributed by atoms with van der Waals surface area (Å²) in [4.78, 5) is 13.6. The molecule has 2 rings (SSSR count). The number of allylic oxidation sites excluding steroid dienone is 2. The van der Waals surface area contributed by atoms with Crippen molar-refractivity contribution in [2.45, 2.75) is 0 Å². The fourth-order valence-corrected chi connectivity index (χ4v) is 3.79. The van der Waals surface area contributed by atoms with Gasteiger partial charge in [0.2, 0.25) is 0 Å². The highest BCUT2D eigenvalue weighted by atomic mass is 35.5. The number of halogens is 1. The van der Waals surface area contributed by atoms with Crippen molar-refractivity contribution in [3.8, 4) is 0 Å².